The molecule has 0 spiro atoms. The molecule has 2 atom stereocenters. The van der Waals surface area contributed by atoms with E-state index in [9.17, 15) is 9.90 Å². The summed E-state index contributed by atoms with van der Waals surface area (Å²) in [4.78, 5) is 16.9. The number of benzene rings is 2. The summed E-state index contributed by atoms with van der Waals surface area (Å²) in [6.45, 7) is 6.75. The van der Waals surface area contributed by atoms with Gasteiger partial charge in [0.15, 0.2) is 11.2 Å². The molecule has 0 saturated carbocycles. The molecule has 6 nitrogen and oxygen atoms in total. The quantitative estimate of drug-likeness (QED) is 0.489. The molecule has 5 N–H and O–H groups in total. The van der Waals surface area contributed by atoms with Crippen molar-refractivity contribution in [2.24, 2.45) is 0 Å². The van der Waals surface area contributed by atoms with Crippen molar-refractivity contribution < 1.29 is 9.90 Å². The third-order valence-electron chi connectivity index (χ3n) is 4.79. The van der Waals surface area contributed by atoms with Crippen molar-refractivity contribution in [3.8, 4) is 0 Å². The van der Waals surface area contributed by atoms with Gasteiger partial charge in [-0.25, -0.2) is 4.98 Å². The maximum atomic E-state index is 12.7. The fourth-order valence-corrected chi connectivity index (χ4v) is 4.10. The minimum Gasteiger partial charge on any atom is -0.381 e. The summed E-state index contributed by atoms with van der Waals surface area (Å²) in [5.74, 6) is -0.458. The highest BCUT2D eigenvalue weighted by atomic mass is 32.1. The number of likely N-dealkylation sites (N-methyl/N-ethyl adjacent to an activating group) is 1. The van der Waals surface area contributed by atoms with Crippen LogP contribution in [0.1, 0.15) is 36.6 Å². The molecule has 0 saturated heterocycles. The first-order valence-electron chi connectivity index (χ1n) is 9.40. The van der Waals surface area contributed by atoms with Gasteiger partial charge in [-0.05, 0) is 54.8 Å². The minimum atomic E-state index is -1.23. The summed E-state index contributed by atoms with van der Waals surface area (Å²) in [7, 11) is 0. The molecule has 1 aromatic heterocycles. The Morgan fingerprint density at radius 1 is 1.25 bits per heavy atom. The van der Waals surface area contributed by atoms with Gasteiger partial charge >= 0.3 is 0 Å². The zero-order chi connectivity index (χ0) is 20.3. The molecule has 1 amide bonds. The number of hydrogen-bond acceptors (Lipinski definition) is 6. The van der Waals surface area contributed by atoms with E-state index >= 15 is 0 Å². The molecular weight excluding hydrogens is 372 g/mol. The number of carbonyl (C=O) groups is 1. The van der Waals surface area contributed by atoms with E-state index in [1.54, 1.807) is 12.1 Å². The number of nitrogens with two attached hydrogens (primary N) is 1. The molecule has 0 fully saturated rings. The molecule has 0 aliphatic carbocycles. The van der Waals surface area contributed by atoms with Crippen molar-refractivity contribution in [2.45, 2.75) is 39.3 Å². The Balaban J connectivity index is 1.80. The number of nitrogens with zero attached hydrogens (tertiary/aromatic N) is 1. The molecule has 3 rings (SSSR count). The van der Waals surface area contributed by atoms with Crippen molar-refractivity contribution in [3.05, 3.63) is 53.1 Å². The molecule has 1 heterocycles. The van der Waals surface area contributed by atoms with Crippen molar-refractivity contribution in [2.75, 3.05) is 17.6 Å². The average molecular weight is 399 g/mol. The number of aliphatic hydroxyl groups excluding tert-OH is 1. The fourth-order valence-electron chi connectivity index (χ4n) is 3.33. The van der Waals surface area contributed by atoms with Crippen LogP contribution in [0.3, 0.4) is 0 Å². The highest BCUT2D eigenvalue weighted by molar-refractivity contribution is 7.22. The van der Waals surface area contributed by atoms with Crippen LogP contribution in [0.4, 0.5) is 10.8 Å². The topological polar surface area (TPSA) is 100 Å². The zero-order valence-electron chi connectivity index (χ0n) is 16.3. The smallest absolute Gasteiger partial charge is 0.255 e. The number of aryl methyl sites for hydroxylation is 2. The van der Waals surface area contributed by atoms with Crippen LogP contribution in [-0.4, -0.2) is 28.6 Å². The van der Waals surface area contributed by atoms with E-state index in [0.29, 0.717) is 17.4 Å². The van der Waals surface area contributed by atoms with E-state index in [1.165, 1.54) is 16.9 Å². The highest BCUT2D eigenvalue weighted by Crippen LogP contribution is 2.27. The van der Waals surface area contributed by atoms with Crippen LogP contribution in [0.5, 0.6) is 0 Å². The van der Waals surface area contributed by atoms with Gasteiger partial charge in [0.2, 0.25) is 0 Å². The van der Waals surface area contributed by atoms with E-state index in [1.807, 2.05) is 32.0 Å². The number of thiazole rings is 1. The second kappa shape index (κ2) is 8.68. The van der Waals surface area contributed by atoms with Crippen molar-refractivity contribution in [3.63, 3.8) is 0 Å². The van der Waals surface area contributed by atoms with Crippen molar-refractivity contribution in [1.29, 1.82) is 0 Å². The average Bonchev–Trinajstić information content (AvgIpc) is 3.04. The molecule has 148 valence electrons. The van der Waals surface area contributed by atoms with Gasteiger partial charge in [0.1, 0.15) is 0 Å². The molecule has 28 heavy (non-hydrogen) atoms. The summed E-state index contributed by atoms with van der Waals surface area (Å²) in [5, 5.41) is 17.3. The van der Waals surface area contributed by atoms with Gasteiger partial charge < -0.3 is 21.5 Å². The lowest BCUT2D eigenvalue weighted by Gasteiger charge is -2.24. The number of aliphatic hydroxyl groups is 1. The number of anilines is 2. The second-order valence-corrected chi connectivity index (χ2v) is 7.81. The van der Waals surface area contributed by atoms with Gasteiger partial charge in [-0.2, -0.15) is 0 Å². The number of amides is 1. The molecule has 7 heteroatoms. The monoisotopic (exact) mass is 398 g/mol. The van der Waals surface area contributed by atoms with Gasteiger partial charge in [0, 0.05) is 5.69 Å². The number of hydrogen-bond donors (Lipinski definition) is 4. The molecule has 0 aliphatic rings. The van der Waals surface area contributed by atoms with Crippen molar-refractivity contribution in [1.82, 2.24) is 10.3 Å². The van der Waals surface area contributed by atoms with E-state index in [2.05, 4.69) is 28.6 Å². The maximum absolute atomic E-state index is 12.7. The van der Waals surface area contributed by atoms with Crippen molar-refractivity contribution >= 4 is 38.3 Å². The molecule has 3 aromatic rings. The van der Waals surface area contributed by atoms with E-state index < -0.39 is 18.1 Å². The third-order valence-corrected chi connectivity index (χ3v) is 5.63. The zero-order valence-corrected chi connectivity index (χ0v) is 17.1. The highest BCUT2D eigenvalue weighted by Gasteiger charge is 2.27. The van der Waals surface area contributed by atoms with Gasteiger partial charge in [0.05, 0.1) is 16.3 Å². The predicted molar refractivity (Wildman–Crippen MR) is 116 cm³/mol. The molecule has 0 aliphatic heterocycles. The first kappa shape index (κ1) is 20.3. The van der Waals surface area contributed by atoms with E-state index in [-0.39, 0.29) is 0 Å². The van der Waals surface area contributed by atoms with Crippen LogP contribution in [0.2, 0.25) is 0 Å². The Morgan fingerprint density at radius 2 is 2.04 bits per heavy atom. The van der Waals surface area contributed by atoms with Crippen LogP contribution >= 0.6 is 11.3 Å². The maximum Gasteiger partial charge on any atom is 0.255 e. The molecule has 0 bridgehead atoms. The van der Waals surface area contributed by atoms with Crippen LogP contribution in [0.25, 0.3) is 10.2 Å². The Bertz CT molecular complexity index is 986. The number of carbonyl (C=O) groups excluding carboxylic acids is 1. The Morgan fingerprint density at radius 3 is 2.71 bits per heavy atom. The number of fused-ring (bicyclic) bond motifs is 1. The predicted octanol–water partition coefficient (Wildman–Crippen LogP) is 3.40. The van der Waals surface area contributed by atoms with Gasteiger partial charge in [-0.15, -0.1) is 0 Å². The lowest BCUT2D eigenvalue weighted by molar-refractivity contribution is -0.125. The van der Waals surface area contributed by atoms with Crippen LogP contribution in [0.15, 0.2) is 36.4 Å². The molecule has 2 aromatic carbocycles. The standard InChI is InChI=1S/C21H26N4O2S/c1-4-13-6-7-14(10-12(13)3)18(23-5-2)19(26)20(27)24-15-8-9-16-17(11-15)28-21(22)25-16/h6-11,18-19,23,26H,4-5H2,1-3H3,(H2,22,25)(H,24,27). The van der Waals surface area contributed by atoms with Crippen LogP contribution in [0, 0.1) is 6.92 Å². The second-order valence-electron chi connectivity index (χ2n) is 6.74. The largest absolute Gasteiger partial charge is 0.381 e. The lowest BCUT2D eigenvalue weighted by atomic mass is 9.95. The van der Waals surface area contributed by atoms with E-state index in [4.69, 9.17) is 5.73 Å². The number of rotatable bonds is 7. The lowest BCUT2D eigenvalue weighted by Crippen LogP contribution is -2.40. The Kier molecular flexibility index (Phi) is 6.28. The summed E-state index contributed by atoms with van der Waals surface area (Å²) in [6, 6.07) is 11.0. The normalized spacial score (nSPS) is 13.4. The third kappa shape index (κ3) is 4.32. The number of nitrogen functional groups attached to an aromatic ring is 1. The van der Waals surface area contributed by atoms with Crippen LogP contribution in [-0.2, 0) is 11.2 Å². The molecule has 2 unspecified atom stereocenters. The fraction of sp³-hybridized carbons (Fsp3) is 0.333. The summed E-state index contributed by atoms with van der Waals surface area (Å²) in [5.41, 5.74) is 10.4. The van der Waals surface area contributed by atoms with Gasteiger partial charge in [-0.3, -0.25) is 4.79 Å². The SMILES string of the molecule is CCNC(c1ccc(CC)c(C)c1)C(O)C(=O)Nc1ccc2nc(N)sc2c1. The van der Waals surface area contributed by atoms with Crippen LogP contribution < -0.4 is 16.4 Å². The van der Waals surface area contributed by atoms with E-state index in [0.717, 1.165) is 27.8 Å². The number of nitrogens with one attached hydrogen (secondary N) is 2. The number of aromatic nitrogens is 1. The summed E-state index contributed by atoms with van der Waals surface area (Å²) >= 11 is 1.36. The van der Waals surface area contributed by atoms with Gasteiger partial charge in [-0.1, -0.05) is 43.4 Å². The minimum absolute atomic E-state index is 0.458. The Hall–Kier alpha value is -2.48. The first-order chi connectivity index (χ1) is 13.4. The van der Waals surface area contributed by atoms with Gasteiger partial charge in [0.25, 0.3) is 5.91 Å². The molecule has 0 radical (unpaired) electrons. The summed E-state index contributed by atoms with van der Waals surface area (Å²) < 4.78 is 0.888. The molecular formula is C21H26N4O2S. The summed E-state index contributed by atoms with van der Waals surface area (Å²) in [6.07, 6.45) is -0.278. The first-order valence-corrected chi connectivity index (χ1v) is 10.2. The Labute approximate surface area is 168 Å².